The molecule has 1 saturated heterocycles. The zero-order valence-electron chi connectivity index (χ0n) is 13.8. The first-order valence-corrected chi connectivity index (χ1v) is 9.58. The average Bonchev–Trinajstić information content (AvgIpc) is 2.60. The summed E-state index contributed by atoms with van der Waals surface area (Å²) < 4.78 is 31.1. The predicted octanol–water partition coefficient (Wildman–Crippen LogP) is -1.48. The number of nitrogens with one attached hydrogen (secondary N) is 2. The first kappa shape index (κ1) is 19.6. The molecule has 0 atom stereocenters. The number of carbonyl (C=O) groups is 2. The van der Waals surface area contributed by atoms with Crippen LogP contribution >= 0.6 is 11.6 Å². The molecule has 0 saturated carbocycles. The number of nitrogens with zero attached hydrogens (tertiary/aromatic N) is 1. The maximum absolute atomic E-state index is 12.6. The van der Waals surface area contributed by atoms with E-state index in [4.69, 9.17) is 11.6 Å². The molecule has 1 aromatic carbocycles. The van der Waals surface area contributed by atoms with Crippen LogP contribution in [0.1, 0.15) is 0 Å². The number of quaternary nitrogens is 1. The molecule has 138 valence electrons. The maximum Gasteiger partial charge on any atom is 0.325 e. The fraction of sp³-hybridized carbons (Fsp3) is 0.467. The lowest BCUT2D eigenvalue weighted by Crippen LogP contribution is -3.15. The summed E-state index contributed by atoms with van der Waals surface area (Å²) in [7, 11) is -2.39. The van der Waals surface area contributed by atoms with Gasteiger partial charge in [-0.25, -0.2) is 8.42 Å². The Kier molecular flexibility index (Phi) is 6.77. The molecule has 0 aromatic heterocycles. The van der Waals surface area contributed by atoms with Crippen molar-refractivity contribution in [2.45, 2.75) is 4.90 Å². The quantitative estimate of drug-likeness (QED) is 0.577. The van der Waals surface area contributed by atoms with Gasteiger partial charge in [-0.05, 0) is 12.1 Å². The Morgan fingerprint density at radius 1 is 1.28 bits per heavy atom. The van der Waals surface area contributed by atoms with E-state index in [9.17, 15) is 18.0 Å². The standard InChI is InChI=1S/C15H20ClN3O5S/c1-24-15(21)10-17-14(20)11-18-6-8-19(9-7-18)25(22,23)13-5-3-2-4-12(13)16/h2-5H,6-11H2,1H3,(H,17,20)/p+1. The smallest absolute Gasteiger partial charge is 0.325 e. The second-order valence-corrected chi connectivity index (χ2v) is 7.93. The average molecular weight is 391 g/mol. The van der Waals surface area contributed by atoms with Crippen LogP contribution in [0.3, 0.4) is 0 Å². The van der Waals surface area contributed by atoms with Crippen LogP contribution in [0, 0.1) is 0 Å². The van der Waals surface area contributed by atoms with Crippen molar-refractivity contribution in [3.8, 4) is 0 Å². The van der Waals surface area contributed by atoms with E-state index in [2.05, 4.69) is 10.1 Å². The van der Waals surface area contributed by atoms with Crippen LogP contribution in [0.25, 0.3) is 0 Å². The Morgan fingerprint density at radius 2 is 1.92 bits per heavy atom. The Morgan fingerprint density at radius 3 is 2.52 bits per heavy atom. The SMILES string of the molecule is COC(=O)CNC(=O)C[NH+]1CCN(S(=O)(=O)c2ccccc2Cl)CC1. The summed E-state index contributed by atoms with van der Waals surface area (Å²) in [4.78, 5) is 23.8. The molecule has 1 aliphatic heterocycles. The highest BCUT2D eigenvalue weighted by Gasteiger charge is 2.32. The molecular weight excluding hydrogens is 370 g/mol. The number of hydrogen-bond acceptors (Lipinski definition) is 5. The second kappa shape index (κ2) is 8.61. The molecular formula is C15H21ClN3O5S+. The molecule has 1 fully saturated rings. The van der Waals surface area contributed by atoms with E-state index < -0.39 is 16.0 Å². The number of halogens is 1. The summed E-state index contributed by atoms with van der Waals surface area (Å²) in [5.74, 6) is -0.790. The summed E-state index contributed by atoms with van der Waals surface area (Å²) in [6, 6.07) is 6.33. The van der Waals surface area contributed by atoms with Crippen molar-refractivity contribution in [2.24, 2.45) is 0 Å². The topological polar surface area (TPSA) is 97.2 Å². The van der Waals surface area contributed by atoms with Gasteiger partial charge < -0.3 is 15.0 Å². The van der Waals surface area contributed by atoms with Gasteiger partial charge in [-0.15, -0.1) is 0 Å². The van der Waals surface area contributed by atoms with Gasteiger partial charge in [-0.1, -0.05) is 23.7 Å². The number of hydrogen-bond donors (Lipinski definition) is 2. The fourth-order valence-corrected chi connectivity index (χ4v) is 4.48. The summed E-state index contributed by atoms with van der Waals surface area (Å²) in [6.45, 7) is 1.59. The van der Waals surface area contributed by atoms with Crippen LogP contribution in [0.15, 0.2) is 29.2 Å². The molecule has 0 radical (unpaired) electrons. The molecule has 1 heterocycles. The molecule has 1 aromatic rings. The van der Waals surface area contributed by atoms with Gasteiger partial charge in [0.15, 0.2) is 6.54 Å². The van der Waals surface area contributed by atoms with E-state index in [1.54, 1.807) is 18.2 Å². The molecule has 1 aliphatic rings. The summed E-state index contributed by atoms with van der Waals surface area (Å²) in [5, 5.41) is 2.67. The lowest BCUT2D eigenvalue weighted by molar-refractivity contribution is -0.895. The number of ether oxygens (including phenoxy) is 1. The van der Waals surface area contributed by atoms with Crippen molar-refractivity contribution in [3.63, 3.8) is 0 Å². The number of rotatable bonds is 6. The Labute approximate surface area is 151 Å². The van der Waals surface area contributed by atoms with Gasteiger partial charge in [0.05, 0.1) is 38.3 Å². The number of carbonyl (C=O) groups excluding carboxylic acids is 2. The number of amides is 1. The highest BCUT2D eigenvalue weighted by molar-refractivity contribution is 7.89. The molecule has 10 heteroatoms. The summed E-state index contributed by atoms with van der Waals surface area (Å²) in [5.41, 5.74) is 0. The lowest BCUT2D eigenvalue weighted by atomic mass is 10.3. The van der Waals surface area contributed by atoms with E-state index in [0.29, 0.717) is 26.2 Å². The number of benzene rings is 1. The van der Waals surface area contributed by atoms with Crippen molar-refractivity contribution >= 4 is 33.5 Å². The van der Waals surface area contributed by atoms with Gasteiger partial charge in [0.25, 0.3) is 5.91 Å². The molecule has 0 bridgehead atoms. The number of piperazine rings is 1. The Bertz CT molecular complexity index is 732. The highest BCUT2D eigenvalue weighted by atomic mass is 35.5. The third kappa shape index (κ3) is 5.15. The first-order valence-electron chi connectivity index (χ1n) is 7.76. The van der Waals surface area contributed by atoms with Crippen molar-refractivity contribution in [2.75, 3.05) is 46.4 Å². The van der Waals surface area contributed by atoms with Gasteiger partial charge in [0.2, 0.25) is 10.0 Å². The zero-order valence-corrected chi connectivity index (χ0v) is 15.4. The summed E-state index contributed by atoms with van der Waals surface area (Å²) in [6.07, 6.45) is 0. The monoisotopic (exact) mass is 390 g/mol. The molecule has 0 unspecified atom stereocenters. The fourth-order valence-electron chi connectivity index (χ4n) is 2.55. The minimum absolute atomic E-state index is 0.0935. The van der Waals surface area contributed by atoms with Crippen LogP contribution < -0.4 is 10.2 Å². The largest absolute Gasteiger partial charge is 0.468 e. The Hall–Kier alpha value is -1.68. The minimum Gasteiger partial charge on any atom is -0.468 e. The maximum atomic E-state index is 12.6. The number of methoxy groups -OCH3 is 1. The normalized spacial score (nSPS) is 16.4. The number of sulfonamides is 1. The van der Waals surface area contributed by atoms with Crippen molar-refractivity contribution in [1.29, 1.82) is 0 Å². The van der Waals surface area contributed by atoms with E-state index in [1.807, 2.05) is 0 Å². The van der Waals surface area contributed by atoms with Crippen molar-refractivity contribution < 1.29 is 27.6 Å². The molecule has 1 amide bonds. The zero-order chi connectivity index (χ0) is 18.4. The van der Waals surface area contributed by atoms with Crippen LogP contribution in [0.2, 0.25) is 5.02 Å². The van der Waals surface area contributed by atoms with E-state index in [1.165, 1.54) is 17.5 Å². The van der Waals surface area contributed by atoms with Crippen LogP contribution in [0.4, 0.5) is 0 Å². The van der Waals surface area contributed by atoms with E-state index in [0.717, 1.165) is 4.90 Å². The van der Waals surface area contributed by atoms with Gasteiger partial charge in [0, 0.05) is 0 Å². The van der Waals surface area contributed by atoms with Crippen molar-refractivity contribution in [1.82, 2.24) is 9.62 Å². The highest BCUT2D eigenvalue weighted by Crippen LogP contribution is 2.23. The number of esters is 1. The molecule has 2 N–H and O–H groups in total. The Balaban J connectivity index is 1.88. The van der Waals surface area contributed by atoms with Crippen molar-refractivity contribution in [3.05, 3.63) is 29.3 Å². The second-order valence-electron chi connectivity index (χ2n) is 5.61. The summed E-state index contributed by atoms with van der Waals surface area (Å²) >= 11 is 6.00. The van der Waals surface area contributed by atoms with Gasteiger partial charge in [0.1, 0.15) is 11.4 Å². The predicted molar refractivity (Wildman–Crippen MR) is 90.8 cm³/mol. The first-order chi connectivity index (χ1) is 11.8. The third-order valence-corrected chi connectivity index (χ3v) is 6.35. The molecule has 25 heavy (non-hydrogen) atoms. The lowest BCUT2D eigenvalue weighted by Gasteiger charge is -2.31. The van der Waals surface area contributed by atoms with E-state index in [-0.39, 0.29) is 28.9 Å². The third-order valence-electron chi connectivity index (χ3n) is 3.95. The van der Waals surface area contributed by atoms with Crippen LogP contribution in [-0.4, -0.2) is 71.0 Å². The van der Waals surface area contributed by atoms with Gasteiger partial charge in [-0.2, -0.15) is 4.31 Å². The van der Waals surface area contributed by atoms with E-state index >= 15 is 0 Å². The molecule has 0 spiro atoms. The van der Waals surface area contributed by atoms with Gasteiger partial charge in [-0.3, -0.25) is 9.59 Å². The van der Waals surface area contributed by atoms with Crippen LogP contribution in [0.5, 0.6) is 0 Å². The molecule has 8 nitrogen and oxygen atoms in total. The van der Waals surface area contributed by atoms with Gasteiger partial charge >= 0.3 is 5.97 Å². The minimum atomic E-state index is -3.64. The van der Waals surface area contributed by atoms with Crippen LogP contribution in [-0.2, 0) is 24.3 Å². The molecule has 0 aliphatic carbocycles. The molecule has 2 rings (SSSR count).